The van der Waals surface area contributed by atoms with Gasteiger partial charge in [0.15, 0.2) is 5.82 Å². The molecule has 12 heteroatoms. The summed E-state index contributed by atoms with van der Waals surface area (Å²) < 4.78 is 60.7. The van der Waals surface area contributed by atoms with Crippen LogP contribution in [0.4, 0.5) is 33.7 Å². The van der Waals surface area contributed by atoms with E-state index in [1.165, 1.54) is 6.07 Å². The number of hydrogen-bond acceptors (Lipinski definition) is 5. The minimum atomic E-state index is -5.03. The molecule has 2 aromatic rings. The highest BCUT2D eigenvalue weighted by Gasteiger charge is 2.45. The second kappa shape index (κ2) is 12.4. The van der Waals surface area contributed by atoms with Gasteiger partial charge in [-0.3, -0.25) is 15.1 Å². The summed E-state index contributed by atoms with van der Waals surface area (Å²) in [5, 5.41) is 2.64. The number of alkyl halides is 3. The lowest BCUT2D eigenvalue weighted by molar-refractivity contribution is -0.186. The molecule has 1 saturated carbocycles. The van der Waals surface area contributed by atoms with E-state index in [1.807, 2.05) is 4.90 Å². The molecule has 2 heterocycles. The van der Waals surface area contributed by atoms with E-state index in [4.69, 9.17) is 16.3 Å². The number of fused-ring (bicyclic) bond motifs is 1. The van der Waals surface area contributed by atoms with Crippen molar-refractivity contribution >= 4 is 35.0 Å². The molecular formula is C29H35ClF4N4O3. The van der Waals surface area contributed by atoms with E-state index in [1.54, 1.807) is 39.0 Å². The van der Waals surface area contributed by atoms with Crippen molar-refractivity contribution in [3.8, 4) is 0 Å². The Balaban J connectivity index is 1.69. The molecule has 1 N–H and O–H groups in total. The second-order valence-corrected chi connectivity index (χ2v) is 12.1. The highest BCUT2D eigenvalue weighted by atomic mass is 35.5. The number of carbonyl (C=O) groups is 2. The minimum absolute atomic E-state index is 0.0833. The Bertz CT molecular complexity index is 1260. The molecule has 0 radical (unpaired) electrons. The number of carbonyl (C=O) groups excluding carboxylic acids is 2. The quantitative estimate of drug-likeness (QED) is 0.349. The number of hydrogen-bond donors (Lipinski definition) is 1. The molecule has 1 unspecified atom stereocenters. The molecular weight excluding hydrogens is 564 g/mol. The molecule has 2 amide bonds. The molecule has 0 saturated heterocycles. The third kappa shape index (κ3) is 8.02. The average molecular weight is 599 g/mol. The van der Waals surface area contributed by atoms with E-state index in [2.05, 4.69) is 10.3 Å². The molecule has 0 spiro atoms. The van der Waals surface area contributed by atoms with Gasteiger partial charge < -0.3 is 14.5 Å². The maximum Gasteiger partial charge on any atom is 0.471 e. The Labute approximate surface area is 242 Å². The van der Waals surface area contributed by atoms with Gasteiger partial charge in [-0.15, -0.1) is 0 Å². The van der Waals surface area contributed by atoms with Crippen molar-refractivity contribution in [2.75, 3.05) is 16.8 Å². The van der Waals surface area contributed by atoms with Crippen LogP contribution in [0.2, 0.25) is 5.02 Å². The smallest absolute Gasteiger partial charge is 0.444 e. The molecule has 7 nitrogen and oxygen atoms in total. The van der Waals surface area contributed by atoms with Crippen LogP contribution in [0, 0.1) is 11.7 Å². The van der Waals surface area contributed by atoms with Gasteiger partial charge in [-0.25, -0.2) is 9.18 Å². The fraction of sp³-hybridized carbons (Fsp3) is 0.552. The van der Waals surface area contributed by atoms with Gasteiger partial charge in [-0.05, 0) is 57.7 Å². The summed E-state index contributed by atoms with van der Waals surface area (Å²) in [6.07, 6.45) is 0.844. The van der Waals surface area contributed by atoms with E-state index in [-0.39, 0.29) is 30.3 Å². The summed E-state index contributed by atoms with van der Waals surface area (Å²) in [5.74, 6) is -2.21. The van der Waals surface area contributed by atoms with Gasteiger partial charge in [0.05, 0.1) is 24.1 Å². The van der Waals surface area contributed by atoms with Gasteiger partial charge in [0.25, 0.3) is 0 Å². The summed E-state index contributed by atoms with van der Waals surface area (Å²) >= 11 is 6.48. The minimum Gasteiger partial charge on any atom is -0.444 e. The van der Waals surface area contributed by atoms with Crippen LogP contribution in [0.25, 0.3) is 0 Å². The SMILES string of the molecule is CC(C)(C)OC(=O)Nc1cc(CN2c3cccc(Cl)c3CN(C(=O)C(F)(F)F)CC2CCC2CCCC2)ncc1F. The van der Waals surface area contributed by atoms with Gasteiger partial charge >= 0.3 is 18.2 Å². The molecule has 0 bridgehead atoms. The largest absolute Gasteiger partial charge is 0.471 e. The molecule has 1 aliphatic carbocycles. The third-order valence-corrected chi connectivity index (χ3v) is 7.77. The van der Waals surface area contributed by atoms with Gasteiger partial charge in [0, 0.05) is 35.4 Å². The summed E-state index contributed by atoms with van der Waals surface area (Å²) in [7, 11) is 0. The van der Waals surface area contributed by atoms with Gasteiger partial charge in [0.2, 0.25) is 0 Å². The normalized spacial score (nSPS) is 18.2. The lowest BCUT2D eigenvalue weighted by Crippen LogP contribution is -2.47. The zero-order chi connectivity index (χ0) is 29.9. The molecule has 224 valence electrons. The fourth-order valence-corrected chi connectivity index (χ4v) is 5.78. The number of nitrogens with zero attached hydrogens (tertiary/aromatic N) is 3. The highest BCUT2D eigenvalue weighted by molar-refractivity contribution is 6.31. The van der Waals surface area contributed by atoms with E-state index in [9.17, 15) is 27.2 Å². The number of nitrogens with one attached hydrogen (secondary N) is 1. The highest BCUT2D eigenvalue weighted by Crippen LogP contribution is 2.38. The first-order valence-electron chi connectivity index (χ1n) is 13.8. The lowest BCUT2D eigenvalue weighted by atomic mass is 9.97. The van der Waals surface area contributed by atoms with Gasteiger partial charge in [-0.1, -0.05) is 43.4 Å². The fourth-order valence-electron chi connectivity index (χ4n) is 5.55. The summed E-state index contributed by atoms with van der Waals surface area (Å²) in [5.41, 5.74) is 0.410. The Kier molecular flexibility index (Phi) is 9.35. The lowest BCUT2D eigenvalue weighted by Gasteiger charge is -2.35. The predicted molar refractivity (Wildman–Crippen MR) is 148 cm³/mol. The van der Waals surface area contributed by atoms with Crippen LogP contribution >= 0.6 is 11.6 Å². The third-order valence-electron chi connectivity index (χ3n) is 7.42. The summed E-state index contributed by atoms with van der Waals surface area (Å²) in [6.45, 7) is 4.66. The van der Waals surface area contributed by atoms with Crippen LogP contribution in [0.5, 0.6) is 0 Å². The number of pyridine rings is 1. The van der Waals surface area contributed by atoms with Crippen LogP contribution in [-0.4, -0.2) is 46.2 Å². The first kappa shape index (κ1) is 30.9. The number of halogens is 5. The van der Waals surface area contributed by atoms with Crippen LogP contribution < -0.4 is 10.2 Å². The molecule has 2 aliphatic rings. The first-order chi connectivity index (χ1) is 19.2. The molecule has 1 aromatic heterocycles. The molecule has 1 aliphatic heterocycles. The van der Waals surface area contributed by atoms with Crippen molar-refractivity contribution in [2.45, 2.75) is 90.2 Å². The zero-order valence-corrected chi connectivity index (χ0v) is 24.1. The number of rotatable bonds is 6. The molecule has 1 aromatic carbocycles. The molecule has 4 rings (SSSR count). The number of benzene rings is 1. The molecule has 41 heavy (non-hydrogen) atoms. The second-order valence-electron chi connectivity index (χ2n) is 11.7. The molecule has 1 fully saturated rings. The van der Waals surface area contributed by atoms with Crippen LogP contribution in [0.1, 0.15) is 70.6 Å². The Morgan fingerprint density at radius 3 is 2.51 bits per heavy atom. The van der Waals surface area contributed by atoms with Gasteiger partial charge in [0.1, 0.15) is 5.60 Å². The maximum absolute atomic E-state index is 14.6. The Morgan fingerprint density at radius 2 is 1.85 bits per heavy atom. The van der Waals surface area contributed by atoms with Crippen molar-refractivity contribution < 1.29 is 31.9 Å². The monoisotopic (exact) mass is 598 g/mol. The number of ether oxygens (including phenoxy) is 1. The summed E-state index contributed by atoms with van der Waals surface area (Å²) in [4.78, 5) is 31.7. The number of anilines is 2. The van der Waals surface area contributed by atoms with Crippen molar-refractivity contribution in [1.29, 1.82) is 0 Å². The van der Waals surface area contributed by atoms with Crippen LogP contribution in [0.15, 0.2) is 30.5 Å². The van der Waals surface area contributed by atoms with Crippen LogP contribution in [0.3, 0.4) is 0 Å². The number of amides is 2. The first-order valence-corrected chi connectivity index (χ1v) is 14.1. The standard InChI is InChI=1S/C29H35ClF4N4O3/c1-28(2,3)41-27(40)36-24-13-19(35-14-23(24)31)15-38-20(12-11-18-7-4-5-8-18)16-37(26(39)29(32,33)34)17-21-22(30)9-6-10-25(21)38/h6,9-10,13-14,18,20H,4-5,7-8,11-12,15-17H2,1-3H3,(H,35,36,40). The number of aromatic nitrogens is 1. The predicted octanol–water partition coefficient (Wildman–Crippen LogP) is 7.47. The zero-order valence-electron chi connectivity index (χ0n) is 23.4. The maximum atomic E-state index is 14.6. The van der Waals surface area contributed by atoms with E-state index >= 15 is 0 Å². The van der Waals surface area contributed by atoms with E-state index in [0.717, 1.165) is 43.2 Å². The van der Waals surface area contributed by atoms with E-state index < -0.39 is 35.6 Å². The Morgan fingerprint density at radius 1 is 1.15 bits per heavy atom. The molecule has 1 atom stereocenters. The van der Waals surface area contributed by atoms with Crippen molar-refractivity contribution in [3.63, 3.8) is 0 Å². The van der Waals surface area contributed by atoms with Crippen molar-refractivity contribution in [2.24, 2.45) is 5.92 Å². The summed E-state index contributed by atoms with van der Waals surface area (Å²) in [6, 6.07) is 5.93. The van der Waals surface area contributed by atoms with Crippen molar-refractivity contribution in [1.82, 2.24) is 9.88 Å². The van der Waals surface area contributed by atoms with Crippen LogP contribution in [-0.2, 0) is 22.6 Å². The van der Waals surface area contributed by atoms with Gasteiger partial charge in [-0.2, -0.15) is 13.2 Å². The van der Waals surface area contributed by atoms with E-state index in [0.29, 0.717) is 29.3 Å². The Hall–Kier alpha value is -3.08. The topological polar surface area (TPSA) is 74.8 Å². The van der Waals surface area contributed by atoms with Crippen molar-refractivity contribution in [3.05, 3.63) is 52.6 Å². The average Bonchev–Trinajstić information content (AvgIpc) is 3.33.